The van der Waals surface area contributed by atoms with E-state index in [1.54, 1.807) is 5.54 Å². The molecule has 88 valence electrons. The van der Waals surface area contributed by atoms with Crippen LogP contribution in [0.1, 0.15) is 25.8 Å². The van der Waals surface area contributed by atoms with Gasteiger partial charge in [-0.2, -0.15) is 0 Å². The first kappa shape index (κ1) is 13.3. The van der Waals surface area contributed by atoms with Crippen molar-refractivity contribution in [3.8, 4) is 0 Å². The first-order valence-corrected chi connectivity index (χ1v) is 6.12. The van der Waals surface area contributed by atoms with E-state index in [4.69, 9.17) is 11.6 Å². The van der Waals surface area contributed by atoms with Gasteiger partial charge in [-0.25, -0.2) is 0 Å². The van der Waals surface area contributed by atoms with Gasteiger partial charge in [0.1, 0.15) is 0 Å². The highest BCUT2D eigenvalue weighted by atomic mass is 35.5. The molecule has 0 bridgehead atoms. The fourth-order valence-electron chi connectivity index (χ4n) is 1.57. The lowest BCUT2D eigenvalue weighted by Gasteiger charge is -2.25. The van der Waals surface area contributed by atoms with Crippen LogP contribution in [-0.2, 0) is 6.42 Å². The van der Waals surface area contributed by atoms with Gasteiger partial charge in [-0.3, -0.25) is 0 Å². The van der Waals surface area contributed by atoms with Gasteiger partial charge in [0.2, 0.25) is 0 Å². The van der Waals surface area contributed by atoms with Gasteiger partial charge in [-0.05, 0) is 32.3 Å². The summed E-state index contributed by atoms with van der Waals surface area (Å²) in [6, 6.07) is 10.6. The van der Waals surface area contributed by atoms with Gasteiger partial charge in [0.25, 0.3) is 0 Å². The maximum atomic E-state index is 5.48. The molecule has 0 aliphatic rings. The number of hydrogen-bond acceptors (Lipinski definition) is 1. The van der Waals surface area contributed by atoms with Gasteiger partial charge >= 0.3 is 0 Å². The van der Waals surface area contributed by atoms with Gasteiger partial charge in [-0.1, -0.05) is 48.0 Å². The van der Waals surface area contributed by atoms with Gasteiger partial charge in [-0.15, -0.1) is 0 Å². The second kappa shape index (κ2) is 6.72. The molecule has 0 radical (unpaired) electrons. The van der Waals surface area contributed by atoms with Gasteiger partial charge in [0.05, 0.1) is 0 Å². The number of halogens is 1. The Hall–Kier alpha value is -0.790. The van der Waals surface area contributed by atoms with Crippen molar-refractivity contribution >= 4 is 11.6 Å². The van der Waals surface area contributed by atoms with Gasteiger partial charge in [0.15, 0.2) is 0 Å². The van der Waals surface area contributed by atoms with Gasteiger partial charge in [0, 0.05) is 17.6 Å². The summed E-state index contributed by atoms with van der Waals surface area (Å²) in [6.45, 7) is 5.27. The van der Waals surface area contributed by atoms with E-state index in [0.29, 0.717) is 0 Å². The standard InChI is InChI=1S/C14H20ClN/c1-14(2,16-12-6-11-15)10-9-13-7-4-3-5-8-13/h3-8,11,16H,9-10,12H2,1-2H3/b11-6+. The fraction of sp³-hybridized carbons (Fsp3) is 0.429. The van der Waals surface area contributed by atoms with Crippen molar-refractivity contribution in [2.45, 2.75) is 32.2 Å². The first-order valence-electron chi connectivity index (χ1n) is 5.68. The Labute approximate surface area is 104 Å². The van der Waals surface area contributed by atoms with E-state index in [2.05, 4.69) is 49.5 Å². The molecule has 16 heavy (non-hydrogen) atoms. The van der Waals surface area contributed by atoms with Crippen molar-refractivity contribution in [1.82, 2.24) is 5.32 Å². The number of hydrogen-bond donors (Lipinski definition) is 1. The Balaban J connectivity index is 2.35. The minimum Gasteiger partial charge on any atom is -0.308 e. The van der Waals surface area contributed by atoms with Crippen molar-refractivity contribution in [1.29, 1.82) is 0 Å². The second-order valence-corrected chi connectivity index (χ2v) is 4.86. The SMILES string of the molecule is CC(C)(CCc1ccccc1)NC/C=C/Cl. The van der Waals surface area contributed by atoms with E-state index in [-0.39, 0.29) is 5.54 Å². The molecule has 1 rings (SSSR count). The highest BCUT2D eigenvalue weighted by Gasteiger charge is 2.15. The molecule has 2 heteroatoms. The van der Waals surface area contributed by atoms with Crippen LogP contribution in [0.4, 0.5) is 0 Å². The maximum Gasteiger partial charge on any atom is 0.0151 e. The van der Waals surface area contributed by atoms with Crippen LogP contribution in [0.3, 0.4) is 0 Å². The van der Waals surface area contributed by atoms with Crippen molar-refractivity contribution in [3.63, 3.8) is 0 Å². The monoisotopic (exact) mass is 237 g/mol. The van der Waals surface area contributed by atoms with E-state index in [0.717, 1.165) is 19.4 Å². The van der Waals surface area contributed by atoms with Crippen LogP contribution < -0.4 is 5.32 Å². The summed E-state index contributed by atoms with van der Waals surface area (Å²) in [6.07, 6.45) is 4.14. The molecule has 0 saturated carbocycles. The smallest absolute Gasteiger partial charge is 0.0151 e. The van der Waals surface area contributed by atoms with Crippen LogP contribution in [0, 0.1) is 0 Å². The van der Waals surface area contributed by atoms with E-state index in [1.165, 1.54) is 5.56 Å². The minimum absolute atomic E-state index is 0.145. The van der Waals surface area contributed by atoms with Crippen molar-refractivity contribution in [2.24, 2.45) is 0 Å². The molecule has 1 N–H and O–H groups in total. The summed E-state index contributed by atoms with van der Waals surface area (Å²) in [5.41, 5.74) is 3.09. The molecule has 0 spiro atoms. The van der Waals surface area contributed by atoms with Crippen LogP contribution in [-0.4, -0.2) is 12.1 Å². The summed E-state index contributed by atoms with van der Waals surface area (Å²) in [5, 5.41) is 3.46. The van der Waals surface area contributed by atoms with Gasteiger partial charge < -0.3 is 5.32 Å². The topological polar surface area (TPSA) is 12.0 Å². The van der Waals surface area contributed by atoms with E-state index >= 15 is 0 Å². The zero-order chi connectivity index (χ0) is 11.9. The molecule has 1 aromatic rings. The van der Waals surface area contributed by atoms with Crippen LogP contribution in [0.15, 0.2) is 41.9 Å². The maximum absolute atomic E-state index is 5.48. The summed E-state index contributed by atoms with van der Waals surface area (Å²) >= 11 is 5.48. The Morgan fingerprint density at radius 1 is 1.25 bits per heavy atom. The number of aryl methyl sites for hydroxylation is 1. The minimum atomic E-state index is 0.145. The summed E-state index contributed by atoms with van der Waals surface area (Å²) < 4.78 is 0. The fourth-order valence-corrected chi connectivity index (χ4v) is 1.66. The molecule has 0 saturated heterocycles. The Bertz CT molecular complexity index is 317. The number of nitrogens with one attached hydrogen (secondary N) is 1. The molecule has 0 aliphatic heterocycles. The third kappa shape index (κ3) is 5.34. The number of benzene rings is 1. The van der Waals surface area contributed by atoms with E-state index < -0.39 is 0 Å². The molecule has 0 heterocycles. The van der Waals surface area contributed by atoms with Crippen molar-refractivity contribution in [2.75, 3.05) is 6.54 Å². The molecule has 1 nitrogen and oxygen atoms in total. The largest absolute Gasteiger partial charge is 0.308 e. The Morgan fingerprint density at radius 3 is 2.56 bits per heavy atom. The zero-order valence-corrected chi connectivity index (χ0v) is 10.8. The summed E-state index contributed by atoms with van der Waals surface area (Å²) in [5.74, 6) is 0. The molecular weight excluding hydrogens is 218 g/mol. The van der Waals surface area contributed by atoms with Crippen LogP contribution in [0.5, 0.6) is 0 Å². The van der Waals surface area contributed by atoms with Crippen LogP contribution >= 0.6 is 11.6 Å². The third-order valence-electron chi connectivity index (χ3n) is 2.67. The third-order valence-corrected chi connectivity index (χ3v) is 2.85. The Morgan fingerprint density at radius 2 is 1.94 bits per heavy atom. The Kier molecular flexibility index (Phi) is 5.58. The van der Waals surface area contributed by atoms with E-state index in [1.807, 2.05) is 6.08 Å². The lowest BCUT2D eigenvalue weighted by atomic mass is 9.95. The molecule has 0 atom stereocenters. The first-order chi connectivity index (χ1) is 7.64. The molecule has 0 amide bonds. The molecule has 1 aromatic carbocycles. The van der Waals surface area contributed by atoms with E-state index in [9.17, 15) is 0 Å². The molecule has 0 fully saturated rings. The average molecular weight is 238 g/mol. The molecule has 0 aliphatic carbocycles. The number of rotatable bonds is 6. The van der Waals surface area contributed by atoms with Crippen molar-refractivity contribution in [3.05, 3.63) is 47.5 Å². The summed E-state index contributed by atoms with van der Waals surface area (Å²) in [4.78, 5) is 0. The second-order valence-electron chi connectivity index (χ2n) is 4.61. The lowest BCUT2D eigenvalue weighted by Crippen LogP contribution is -2.39. The van der Waals surface area contributed by atoms with Crippen LogP contribution in [0.2, 0.25) is 0 Å². The highest BCUT2D eigenvalue weighted by molar-refractivity contribution is 6.25. The van der Waals surface area contributed by atoms with Crippen molar-refractivity contribution < 1.29 is 0 Å². The van der Waals surface area contributed by atoms with Crippen LogP contribution in [0.25, 0.3) is 0 Å². The molecule has 0 aromatic heterocycles. The normalized spacial score (nSPS) is 12.2. The zero-order valence-electron chi connectivity index (χ0n) is 10.0. The predicted octanol–water partition coefficient (Wildman–Crippen LogP) is 3.74. The predicted molar refractivity (Wildman–Crippen MR) is 71.8 cm³/mol. The summed E-state index contributed by atoms with van der Waals surface area (Å²) in [7, 11) is 0. The molecule has 0 unspecified atom stereocenters. The quantitative estimate of drug-likeness (QED) is 0.795. The molecular formula is C14H20ClN. The highest BCUT2D eigenvalue weighted by Crippen LogP contribution is 2.13. The lowest BCUT2D eigenvalue weighted by molar-refractivity contribution is 0.379. The average Bonchev–Trinajstić information content (AvgIpc) is 2.28.